The highest BCUT2D eigenvalue weighted by molar-refractivity contribution is 8.00. The molecule has 2 aliphatic rings. The molecule has 10 heteroatoms. The van der Waals surface area contributed by atoms with E-state index in [0.29, 0.717) is 0 Å². The summed E-state index contributed by atoms with van der Waals surface area (Å²) in [6.45, 7) is 0. The molecule has 3 rings (SSSR count). The largest absolute Gasteiger partial charge is 0.477 e. The second-order valence-corrected chi connectivity index (χ2v) is 6.23. The minimum Gasteiger partial charge on any atom is -0.477 e. The van der Waals surface area contributed by atoms with Gasteiger partial charge < -0.3 is 19.7 Å². The Balaban J connectivity index is 1.79. The van der Waals surface area contributed by atoms with Crippen molar-refractivity contribution in [3.8, 4) is 0 Å². The number of rotatable bonds is 5. The fraction of sp³-hybridized carbons (Fsp3) is 0.286. The van der Waals surface area contributed by atoms with E-state index in [4.69, 9.17) is 4.42 Å². The van der Waals surface area contributed by atoms with Crippen molar-refractivity contribution >= 4 is 35.3 Å². The standard InChI is InChI=1S/C14H13N3O6S/c1-22-16-12(8-3-2-4-23-8)13(19)15-9-5-7(14(20)21)17-10(18)6-11(17)24-9/h2-5,9,11H,6H2,1H3,(H,15,19)(H,20,21)/b16-12-/t9?,11-/m1/s1. The smallest absolute Gasteiger partial charge is 0.352 e. The Labute approximate surface area is 140 Å². The lowest BCUT2D eigenvalue weighted by Gasteiger charge is -2.44. The van der Waals surface area contributed by atoms with Gasteiger partial charge in [-0.15, -0.1) is 11.8 Å². The highest BCUT2D eigenvalue weighted by Crippen LogP contribution is 2.39. The van der Waals surface area contributed by atoms with Gasteiger partial charge in [0, 0.05) is 0 Å². The average Bonchev–Trinajstić information content (AvgIpc) is 3.04. The van der Waals surface area contributed by atoms with Crippen LogP contribution in [0.5, 0.6) is 0 Å². The number of thioether (sulfide) groups is 1. The first-order valence-corrected chi connectivity index (χ1v) is 7.84. The minimum atomic E-state index is -1.22. The van der Waals surface area contributed by atoms with Crippen LogP contribution in [-0.4, -0.2) is 51.4 Å². The van der Waals surface area contributed by atoms with Gasteiger partial charge in [0.2, 0.25) is 11.6 Å². The van der Waals surface area contributed by atoms with E-state index in [1.165, 1.54) is 36.1 Å². The van der Waals surface area contributed by atoms with Crippen LogP contribution in [0.2, 0.25) is 0 Å². The summed E-state index contributed by atoms with van der Waals surface area (Å²) in [5.41, 5.74) is -0.205. The Kier molecular flexibility index (Phi) is 4.30. The SMILES string of the molecule is CO/N=C(\C(=O)NC1C=C(C(=O)O)N2C(=O)C[C@H]2S1)c1ccco1. The van der Waals surface area contributed by atoms with E-state index in [1.807, 2.05) is 0 Å². The second-order valence-electron chi connectivity index (χ2n) is 4.91. The molecule has 24 heavy (non-hydrogen) atoms. The summed E-state index contributed by atoms with van der Waals surface area (Å²) < 4.78 is 5.14. The molecule has 2 aliphatic heterocycles. The predicted octanol–water partition coefficient (Wildman–Crippen LogP) is 0.346. The number of fused-ring (bicyclic) bond motifs is 1. The summed E-state index contributed by atoms with van der Waals surface area (Å²) in [6.07, 6.45) is 2.95. The molecule has 0 saturated carbocycles. The Hall–Kier alpha value is -2.75. The van der Waals surface area contributed by atoms with Gasteiger partial charge in [-0.1, -0.05) is 5.16 Å². The number of carboxylic acids is 1. The molecular formula is C14H13N3O6S. The van der Waals surface area contributed by atoms with Crippen molar-refractivity contribution in [1.29, 1.82) is 0 Å². The zero-order valence-electron chi connectivity index (χ0n) is 12.5. The topological polar surface area (TPSA) is 121 Å². The summed E-state index contributed by atoms with van der Waals surface area (Å²) in [6, 6.07) is 3.15. The summed E-state index contributed by atoms with van der Waals surface area (Å²) in [5.74, 6) is -1.82. The maximum absolute atomic E-state index is 12.4. The molecule has 1 saturated heterocycles. The number of hydrogen-bond acceptors (Lipinski definition) is 7. The molecule has 2 N–H and O–H groups in total. The van der Waals surface area contributed by atoms with Gasteiger partial charge in [-0.05, 0) is 18.2 Å². The molecule has 1 unspecified atom stereocenters. The van der Waals surface area contributed by atoms with Crippen molar-refractivity contribution in [3.05, 3.63) is 35.9 Å². The van der Waals surface area contributed by atoms with E-state index in [9.17, 15) is 19.5 Å². The lowest BCUT2D eigenvalue weighted by molar-refractivity contribution is -0.146. The monoisotopic (exact) mass is 351 g/mol. The van der Waals surface area contributed by atoms with Crippen LogP contribution in [0.1, 0.15) is 12.2 Å². The highest BCUT2D eigenvalue weighted by atomic mass is 32.2. The van der Waals surface area contributed by atoms with Gasteiger partial charge >= 0.3 is 5.97 Å². The first kappa shape index (κ1) is 16.1. The average molecular weight is 351 g/mol. The van der Waals surface area contributed by atoms with Crippen molar-refractivity contribution in [3.63, 3.8) is 0 Å². The van der Waals surface area contributed by atoms with E-state index in [-0.39, 0.29) is 34.9 Å². The maximum atomic E-state index is 12.4. The van der Waals surface area contributed by atoms with Gasteiger partial charge in [0.1, 0.15) is 12.8 Å². The quantitative estimate of drug-likeness (QED) is 0.446. The first-order chi connectivity index (χ1) is 11.5. The molecule has 3 heterocycles. The first-order valence-electron chi connectivity index (χ1n) is 6.89. The number of furan rings is 1. The summed E-state index contributed by atoms with van der Waals surface area (Å²) in [4.78, 5) is 41.1. The third kappa shape index (κ3) is 2.87. The number of nitrogens with one attached hydrogen (secondary N) is 1. The van der Waals surface area contributed by atoms with Crippen LogP contribution < -0.4 is 5.32 Å². The zero-order valence-corrected chi connectivity index (χ0v) is 13.3. The van der Waals surface area contributed by atoms with Crippen molar-refractivity contribution < 1.29 is 28.7 Å². The van der Waals surface area contributed by atoms with E-state index in [2.05, 4.69) is 15.3 Å². The van der Waals surface area contributed by atoms with E-state index >= 15 is 0 Å². The van der Waals surface area contributed by atoms with Crippen LogP contribution in [0, 0.1) is 0 Å². The molecule has 9 nitrogen and oxygen atoms in total. The van der Waals surface area contributed by atoms with Crippen molar-refractivity contribution in [2.45, 2.75) is 17.2 Å². The second kappa shape index (κ2) is 6.40. The van der Waals surface area contributed by atoms with Gasteiger partial charge in [0.15, 0.2) is 5.76 Å². The normalized spacial score (nSPS) is 23.0. The number of aliphatic carboxylic acids is 1. The number of oxime groups is 1. The molecule has 0 aliphatic carbocycles. The van der Waals surface area contributed by atoms with Gasteiger partial charge in [0.05, 0.1) is 23.4 Å². The third-order valence-electron chi connectivity index (χ3n) is 3.42. The van der Waals surface area contributed by atoms with Crippen LogP contribution >= 0.6 is 11.8 Å². The van der Waals surface area contributed by atoms with Crippen molar-refractivity contribution in [2.24, 2.45) is 5.16 Å². The molecule has 0 aromatic carbocycles. The predicted molar refractivity (Wildman–Crippen MR) is 82.7 cm³/mol. The molecular weight excluding hydrogens is 338 g/mol. The number of nitrogens with zero attached hydrogens (tertiary/aromatic N) is 2. The fourth-order valence-electron chi connectivity index (χ4n) is 2.37. The number of carbonyl (C=O) groups is 3. The van der Waals surface area contributed by atoms with Crippen LogP contribution in [-0.2, 0) is 19.2 Å². The highest BCUT2D eigenvalue weighted by Gasteiger charge is 2.45. The number of amides is 2. The van der Waals surface area contributed by atoms with Gasteiger partial charge in [-0.2, -0.15) is 0 Å². The van der Waals surface area contributed by atoms with E-state index in [0.717, 1.165) is 0 Å². The van der Waals surface area contributed by atoms with Crippen molar-refractivity contribution in [1.82, 2.24) is 10.2 Å². The van der Waals surface area contributed by atoms with Crippen LogP contribution in [0.4, 0.5) is 0 Å². The Morgan fingerprint density at radius 2 is 2.33 bits per heavy atom. The lowest BCUT2D eigenvalue weighted by atomic mass is 10.1. The summed E-state index contributed by atoms with van der Waals surface area (Å²) >= 11 is 1.27. The van der Waals surface area contributed by atoms with E-state index in [1.54, 1.807) is 12.1 Å². The van der Waals surface area contributed by atoms with Crippen LogP contribution in [0.15, 0.2) is 39.7 Å². The molecule has 0 bridgehead atoms. The minimum absolute atomic E-state index is 0.0690. The lowest BCUT2D eigenvalue weighted by Crippen LogP contribution is -2.56. The molecule has 2 atom stereocenters. The zero-order chi connectivity index (χ0) is 17.3. The van der Waals surface area contributed by atoms with Crippen LogP contribution in [0.25, 0.3) is 0 Å². The van der Waals surface area contributed by atoms with Crippen molar-refractivity contribution in [2.75, 3.05) is 7.11 Å². The van der Waals surface area contributed by atoms with Crippen LogP contribution in [0.3, 0.4) is 0 Å². The molecule has 1 aromatic rings. The molecule has 126 valence electrons. The number of β-lactam (4-membered cyclic amide) rings is 1. The molecule has 0 radical (unpaired) electrons. The Morgan fingerprint density at radius 1 is 1.54 bits per heavy atom. The third-order valence-corrected chi connectivity index (χ3v) is 4.66. The summed E-state index contributed by atoms with van der Waals surface area (Å²) in [7, 11) is 1.30. The Morgan fingerprint density at radius 3 is 2.92 bits per heavy atom. The number of carboxylic acid groups (broad SMARTS) is 1. The fourth-order valence-corrected chi connectivity index (χ4v) is 3.68. The summed E-state index contributed by atoms with van der Waals surface area (Å²) in [5, 5.41) is 14.6. The molecule has 1 aromatic heterocycles. The molecule has 2 amide bonds. The molecule has 0 spiro atoms. The molecule has 1 fully saturated rings. The van der Waals surface area contributed by atoms with Gasteiger partial charge in [0.25, 0.3) is 5.91 Å². The van der Waals surface area contributed by atoms with Gasteiger partial charge in [-0.3, -0.25) is 14.5 Å². The van der Waals surface area contributed by atoms with E-state index < -0.39 is 17.3 Å². The number of carbonyl (C=O) groups excluding carboxylic acids is 2. The van der Waals surface area contributed by atoms with Gasteiger partial charge in [-0.25, -0.2) is 4.79 Å². The maximum Gasteiger partial charge on any atom is 0.352 e. The number of hydrogen-bond donors (Lipinski definition) is 2. The Bertz CT molecular complexity index is 742.